The highest BCUT2D eigenvalue weighted by atomic mass is 19.2. The lowest BCUT2D eigenvalue weighted by Crippen LogP contribution is -2.32. The summed E-state index contributed by atoms with van der Waals surface area (Å²) < 4.78 is 50.8. The first-order valence-electron chi connectivity index (χ1n) is 7.23. The van der Waals surface area contributed by atoms with Gasteiger partial charge in [0.1, 0.15) is 0 Å². The highest BCUT2D eigenvalue weighted by Crippen LogP contribution is 2.40. The first-order valence-corrected chi connectivity index (χ1v) is 7.23. The SMILES string of the molecule is COC(=O)C1=C(C)NC(C)=C(C(=O)OC)C1c1ccc(F)c(F)c1F. The van der Waals surface area contributed by atoms with Gasteiger partial charge in [0, 0.05) is 17.0 Å². The second-order valence-electron chi connectivity index (χ2n) is 5.38. The van der Waals surface area contributed by atoms with E-state index in [0.717, 1.165) is 26.4 Å². The van der Waals surface area contributed by atoms with Crippen LogP contribution in [0.15, 0.2) is 34.7 Å². The fourth-order valence-corrected chi connectivity index (χ4v) is 2.83. The second kappa shape index (κ2) is 7.00. The fourth-order valence-electron chi connectivity index (χ4n) is 2.83. The van der Waals surface area contributed by atoms with Gasteiger partial charge in [-0.2, -0.15) is 0 Å². The summed E-state index contributed by atoms with van der Waals surface area (Å²) in [5.74, 6) is -7.55. The van der Waals surface area contributed by atoms with Crippen molar-refractivity contribution in [1.29, 1.82) is 0 Å². The molecule has 1 N–H and O–H groups in total. The van der Waals surface area contributed by atoms with E-state index in [0.29, 0.717) is 11.4 Å². The number of nitrogens with one attached hydrogen (secondary N) is 1. The summed E-state index contributed by atoms with van der Waals surface area (Å²) in [5, 5.41) is 2.82. The minimum atomic E-state index is -1.69. The van der Waals surface area contributed by atoms with Crippen LogP contribution in [0.3, 0.4) is 0 Å². The van der Waals surface area contributed by atoms with E-state index in [1.807, 2.05) is 0 Å². The van der Waals surface area contributed by atoms with Crippen LogP contribution >= 0.6 is 0 Å². The molecule has 0 aliphatic carbocycles. The van der Waals surface area contributed by atoms with Crippen LogP contribution in [0, 0.1) is 17.5 Å². The standard InChI is InChI=1S/C17H16F3NO4/c1-7-11(16(22)24-3)13(12(8(2)21-7)17(23)25-4)9-5-6-10(18)15(20)14(9)19/h5-6,13,21H,1-4H3. The molecule has 1 aliphatic rings. The first kappa shape index (κ1) is 18.6. The number of carbonyl (C=O) groups is 2. The molecule has 0 spiro atoms. The van der Waals surface area contributed by atoms with Crippen molar-refractivity contribution in [2.45, 2.75) is 19.8 Å². The average molecular weight is 355 g/mol. The van der Waals surface area contributed by atoms with E-state index in [-0.39, 0.29) is 16.7 Å². The highest BCUT2D eigenvalue weighted by Gasteiger charge is 2.39. The third-order valence-electron chi connectivity index (χ3n) is 3.95. The number of benzene rings is 1. The van der Waals surface area contributed by atoms with Crippen molar-refractivity contribution in [2.75, 3.05) is 14.2 Å². The summed E-state index contributed by atoms with van der Waals surface area (Å²) in [4.78, 5) is 24.4. The van der Waals surface area contributed by atoms with Gasteiger partial charge in [-0.05, 0) is 19.9 Å². The number of ether oxygens (including phenoxy) is 2. The molecule has 0 radical (unpaired) electrons. The van der Waals surface area contributed by atoms with Crippen LogP contribution in [0.4, 0.5) is 13.2 Å². The Balaban J connectivity index is 2.80. The van der Waals surface area contributed by atoms with Crippen LogP contribution in [-0.4, -0.2) is 26.2 Å². The average Bonchev–Trinajstić information content (AvgIpc) is 2.58. The Morgan fingerprint density at radius 3 is 1.84 bits per heavy atom. The molecule has 0 unspecified atom stereocenters. The van der Waals surface area contributed by atoms with Gasteiger partial charge in [0.25, 0.3) is 0 Å². The minimum absolute atomic E-state index is 0.0987. The van der Waals surface area contributed by atoms with Crippen molar-refractivity contribution < 1.29 is 32.2 Å². The number of hydrogen-bond donors (Lipinski definition) is 1. The predicted molar refractivity (Wildman–Crippen MR) is 81.6 cm³/mol. The molecule has 0 fully saturated rings. The number of halogens is 3. The maximum absolute atomic E-state index is 14.4. The van der Waals surface area contributed by atoms with Crippen LogP contribution in [0.5, 0.6) is 0 Å². The van der Waals surface area contributed by atoms with E-state index in [4.69, 9.17) is 9.47 Å². The molecule has 0 bridgehead atoms. The largest absolute Gasteiger partial charge is 0.466 e. The number of hydrogen-bond acceptors (Lipinski definition) is 5. The molecule has 1 aromatic carbocycles. The third-order valence-corrected chi connectivity index (χ3v) is 3.95. The van der Waals surface area contributed by atoms with Crippen LogP contribution in [0.1, 0.15) is 25.3 Å². The van der Waals surface area contributed by atoms with Gasteiger partial charge in [-0.3, -0.25) is 0 Å². The van der Waals surface area contributed by atoms with Gasteiger partial charge in [0.05, 0.1) is 31.3 Å². The van der Waals surface area contributed by atoms with Crippen molar-refractivity contribution in [2.24, 2.45) is 0 Å². The molecular formula is C17H16F3NO4. The molecule has 134 valence electrons. The summed E-state index contributed by atoms with van der Waals surface area (Å²) in [6.07, 6.45) is 0. The summed E-state index contributed by atoms with van der Waals surface area (Å²) in [6.45, 7) is 3.04. The Kier molecular flexibility index (Phi) is 5.20. The molecule has 25 heavy (non-hydrogen) atoms. The molecule has 0 saturated carbocycles. The Labute approximate surface area is 142 Å². The summed E-state index contributed by atoms with van der Waals surface area (Å²) in [6, 6.07) is 1.71. The predicted octanol–water partition coefficient (Wildman–Crippen LogP) is 2.68. The lowest BCUT2D eigenvalue weighted by atomic mass is 9.80. The van der Waals surface area contributed by atoms with Crippen LogP contribution in [0.2, 0.25) is 0 Å². The number of methoxy groups -OCH3 is 2. The summed E-state index contributed by atoms with van der Waals surface area (Å²) >= 11 is 0. The Morgan fingerprint density at radius 2 is 1.40 bits per heavy atom. The van der Waals surface area contributed by atoms with Crippen molar-refractivity contribution >= 4 is 11.9 Å². The number of carbonyl (C=O) groups excluding carboxylic acids is 2. The van der Waals surface area contributed by atoms with Gasteiger partial charge in [0.15, 0.2) is 17.5 Å². The van der Waals surface area contributed by atoms with Crippen LogP contribution in [0.25, 0.3) is 0 Å². The zero-order chi connectivity index (χ0) is 18.9. The second-order valence-corrected chi connectivity index (χ2v) is 5.38. The normalized spacial score (nSPS) is 15.2. The number of esters is 2. The third kappa shape index (κ3) is 3.11. The molecule has 1 aliphatic heterocycles. The number of dihydropyridines is 1. The van der Waals surface area contributed by atoms with Gasteiger partial charge >= 0.3 is 11.9 Å². The van der Waals surface area contributed by atoms with Gasteiger partial charge in [0.2, 0.25) is 0 Å². The summed E-state index contributed by atoms with van der Waals surface area (Å²) in [5.41, 5.74) is 0.0222. The molecule has 8 heteroatoms. The molecular weight excluding hydrogens is 339 g/mol. The molecule has 0 aromatic heterocycles. The van der Waals surface area contributed by atoms with Gasteiger partial charge in [-0.25, -0.2) is 22.8 Å². The quantitative estimate of drug-likeness (QED) is 0.667. The topological polar surface area (TPSA) is 64.6 Å². The molecule has 0 atom stereocenters. The Hall–Kier alpha value is -2.77. The van der Waals surface area contributed by atoms with Crippen LogP contribution in [-0.2, 0) is 19.1 Å². The molecule has 0 saturated heterocycles. The van der Waals surface area contributed by atoms with E-state index in [9.17, 15) is 22.8 Å². The van der Waals surface area contributed by atoms with Crippen molar-refractivity contribution in [1.82, 2.24) is 5.32 Å². The van der Waals surface area contributed by atoms with Crippen molar-refractivity contribution in [3.8, 4) is 0 Å². The molecule has 1 heterocycles. The monoisotopic (exact) mass is 355 g/mol. The molecule has 2 rings (SSSR count). The fraction of sp³-hybridized carbons (Fsp3) is 0.294. The lowest BCUT2D eigenvalue weighted by molar-refractivity contribution is -0.137. The van der Waals surface area contributed by atoms with E-state index in [1.165, 1.54) is 13.8 Å². The zero-order valence-corrected chi connectivity index (χ0v) is 14.0. The van der Waals surface area contributed by atoms with Gasteiger partial charge < -0.3 is 14.8 Å². The molecule has 5 nitrogen and oxygen atoms in total. The maximum Gasteiger partial charge on any atom is 0.336 e. The van der Waals surface area contributed by atoms with E-state index < -0.39 is 35.3 Å². The Morgan fingerprint density at radius 1 is 0.920 bits per heavy atom. The van der Waals surface area contributed by atoms with Crippen LogP contribution < -0.4 is 5.32 Å². The van der Waals surface area contributed by atoms with Crippen molar-refractivity contribution in [3.05, 3.63) is 57.7 Å². The molecule has 1 aromatic rings. The Bertz CT molecular complexity index is 776. The first-order chi connectivity index (χ1) is 11.7. The van der Waals surface area contributed by atoms with Crippen molar-refractivity contribution in [3.63, 3.8) is 0 Å². The van der Waals surface area contributed by atoms with Gasteiger partial charge in [-0.15, -0.1) is 0 Å². The lowest BCUT2D eigenvalue weighted by Gasteiger charge is -2.30. The minimum Gasteiger partial charge on any atom is -0.466 e. The number of allylic oxidation sites excluding steroid dienone is 2. The van der Waals surface area contributed by atoms with E-state index in [2.05, 4.69) is 5.32 Å². The number of rotatable bonds is 3. The van der Waals surface area contributed by atoms with Gasteiger partial charge in [-0.1, -0.05) is 6.07 Å². The maximum atomic E-state index is 14.4. The highest BCUT2D eigenvalue weighted by molar-refractivity contribution is 5.99. The smallest absolute Gasteiger partial charge is 0.336 e. The molecule has 0 amide bonds. The summed E-state index contributed by atoms with van der Waals surface area (Å²) in [7, 11) is 2.23. The van der Waals surface area contributed by atoms with E-state index in [1.54, 1.807) is 0 Å². The van der Waals surface area contributed by atoms with E-state index >= 15 is 0 Å². The zero-order valence-electron chi connectivity index (χ0n) is 14.0.